The summed E-state index contributed by atoms with van der Waals surface area (Å²) >= 11 is 5.46. The first-order valence-electron chi connectivity index (χ1n) is 3.51. The van der Waals surface area contributed by atoms with Gasteiger partial charge in [-0.05, 0) is 18.9 Å². The van der Waals surface area contributed by atoms with Gasteiger partial charge in [-0.3, -0.25) is 0 Å². The summed E-state index contributed by atoms with van der Waals surface area (Å²) in [6.45, 7) is 0. The summed E-state index contributed by atoms with van der Waals surface area (Å²) in [6.07, 6.45) is -3.28. The number of hydrogen-bond donors (Lipinski definition) is 0. The average molecular weight is 208 g/mol. The molecule has 0 aromatic heterocycles. The van der Waals surface area contributed by atoms with Gasteiger partial charge in [-0.25, -0.2) is 0 Å². The van der Waals surface area contributed by atoms with Crippen LogP contribution in [0.15, 0.2) is 22.3 Å². The summed E-state index contributed by atoms with van der Waals surface area (Å²) in [4.78, 5) is 0. The number of nitriles is 1. The highest BCUT2D eigenvalue weighted by atomic mass is 35.5. The second kappa shape index (κ2) is 3.43. The molecule has 0 unspecified atom stereocenters. The average Bonchev–Trinajstić information content (AvgIpc) is 2.03. The molecule has 0 aliphatic heterocycles. The molecule has 0 N–H and O–H groups in total. The Labute approximate surface area is 78.1 Å². The zero-order valence-electron chi connectivity index (χ0n) is 6.45. The Bertz CT molecular complexity index is 319. The van der Waals surface area contributed by atoms with Crippen LogP contribution in [0.4, 0.5) is 13.2 Å². The van der Waals surface area contributed by atoms with Crippen molar-refractivity contribution in [2.24, 2.45) is 0 Å². The van der Waals surface area contributed by atoms with E-state index in [9.17, 15) is 13.2 Å². The van der Waals surface area contributed by atoms with E-state index < -0.39 is 11.7 Å². The van der Waals surface area contributed by atoms with E-state index in [1.807, 2.05) is 0 Å². The SMILES string of the molecule is N#CC1=C(C(F)(F)F)C=C(Cl)CC1. The van der Waals surface area contributed by atoms with Crippen LogP contribution in [0.1, 0.15) is 12.8 Å². The molecule has 0 amide bonds. The van der Waals surface area contributed by atoms with Crippen LogP contribution in [0.25, 0.3) is 0 Å². The van der Waals surface area contributed by atoms with Crippen molar-refractivity contribution >= 4 is 11.6 Å². The lowest BCUT2D eigenvalue weighted by molar-refractivity contribution is -0.0891. The predicted molar refractivity (Wildman–Crippen MR) is 41.9 cm³/mol. The van der Waals surface area contributed by atoms with Crippen molar-refractivity contribution in [2.75, 3.05) is 0 Å². The van der Waals surface area contributed by atoms with Crippen LogP contribution in [0.3, 0.4) is 0 Å². The number of halogens is 4. The monoisotopic (exact) mass is 207 g/mol. The minimum atomic E-state index is -4.48. The third-order valence-electron chi connectivity index (χ3n) is 1.68. The van der Waals surface area contributed by atoms with E-state index in [-0.39, 0.29) is 17.0 Å². The van der Waals surface area contributed by atoms with Gasteiger partial charge in [-0.2, -0.15) is 18.4 Å². The van der Waals surface area contributed by atoms with Crippen molar-refractivity contribution in [3.8, 4) is 6.07 Å². The predicted octanol–water partition coefficient (Wildman–Crippen LogP) is 3.29. The number of hydrogen-bond acceptors (Lipinski definition) is 1. The Morgan fingerprint density at radius 3 is 2.46 bits per heavy atom. The lowest BCUT2D eigenvalue weighted by Crippen LogP contribution is -2.14. The summed E-state index contributed by atoms with van der Waals surface area (Å²) in [5.41, 5.74) is -1.15. The van der Waals surface area contributed by atoms with Gasteiger partial charge in [-0.15, -0.1) is 0 Å². The highest BCUT2D eigenvalue weighted by Crippen LogP contribution is 2.36. The number of alkyl halides is 3. The van der Waals surface area contributed by atoms with Crippen molar-refractivity contribution in [2.45, 2.75) is 19.0 Å². The molecule has 0 spiro atoms. The van der Waals surface area contributed by atoms with E-state index in [1.54, 1.807) is 0 Å². The van der Waals surface area contributed by atoms with E-state index in [0.29, 0.717) is 6.42 Å². The zero-order chi connectivity index (χ0) is 10.1. The Morgan fingerprint density at radius 2 is 2.00 bits per heavy atom. The largest absolute Gasteiger partial charge is 0.417 e. The second-order valence-electron chi connectivity index (χ2n) is 2.59. The van der Waals surface area contributed by atoms with Gasteiger partial charge in [0.15, 0.2) is 0 Å². The van der Waals surface area contributed by atoms with Crippen LogP contribution in [0, 0.1) is 11.3 Å². The van der Waals surface area contributed by atoms with E-state index in [4.69, 9.17) is 16.9 Å². The van der Waals surface area contributed by atoms with Gasteiger partial charge in [-0.1, -0.05) is 11.6 Å². The fourth-order valence-electron chi connectivity index (χ4n) is 1.06. The Morgan fingerprint density at radius 1 is 1.38 bits per heavy atom. The van der Waals surface area contributed by atoms with Crippen molar-refractivity contribution < 1.29 is 13.2 Å². The molecule has 1 nitrogen and oxygen atoms in total. The fraction of sp³-hybridized carbons (Fsp3) is 0.375. The molecular formula is C8H5ClF3N. The van der Waals surface area contributed by atoms with E-state index in [1.165, 1.54) is 6.07 Å². The maximum atomic E-state index is 12.2. The van der Waals surface area contributed by atoms with Crippen LogP contribution < -0.4 is 0 Å². The summed E-state index contributed by atoms with van der Waals surface area (Å²) in [7, 11) is 0. The van der Waals surface area contributed by atoms with E-state index in [2.05, 4.69) is 0 Å². The van der Waals surface area contributed by atoms with Crippen molar-refractivity contribution in [1.82, 2.24) is 0 Å². The first kappa shape index (κ1) is 10.1. The van der Waals surface area contributed by atoms with Crippen LogP contribution in [0.5, 0.6) is 0 Å². The number of allylic oxidation sites excluding steroid dienone is 4. The molecule has 0 atom stereocenters. The topological polar surface area (TPSA) is 23.8 Å². The zero-order valence-corrected chi connectivity index (χ0v) is 7.21. The van der Waals surface area contributed by atoms with Gasteiger partial charge in [0, 0.05) is 10.6 Å². The van der Waals surface area contributed by atoms with Gasteiger partial charge in [0.25, 0.3) is 0 Å². The summed E-state index contributed by atoms with van der Waals surface area (Å²) in [5.74, 6) is 0. The summed E-state index contributed by atoms with van der Waals surface area (Å²) in [6, 6.07) is 1.54. The van der Waals surface area contributed by atoms with Crippen molar-refractivity contribution in [3.63, 3.8) is 0 Å². The molecule has 13 heavy (non-hydrogen) atoms. The van der Waals surface area contributed by atoms with E-state index >= 15 is 0 Å². The third-order valence-corrected chi connectivity index (χ3v) is 1.98. The first-order valence-corrected chi connectivity index (χ1v) is 3.89. The van der Waals surface area contributed by atoms with Gasteiger partial charge < -0.3 is 0 Å². The molecule has 0 saturated carbocycles. The maximum Gasteiger partial charge on any atom is 0.417 e. The van der Waals surface area contributed by atoms with E-state index in [0.717, 1.165) is 6.08 Å². The minimum absolute atomic E-state index is 0.0701. The molecule has 5 heteroatoms. The second-order valence-corrected chi connectivity index (χ2v) is 3.08. The van der Waals surface area contributed by atoms with Crippen molar-refractivity contribution in [3.05, 3.63) is 22.3 Å². The quantitative estimate of drug-likeness (QED) is 0.598. The molecule has 70 valence electrons. The number of rotatable bonds is 0. The highest BCUT2D eigenvalue weighted by Gasteiger charge is 2.36. The lowest BCUT2D eigenvalue weighted by atomic mass is 9.98. The van der Waals surface area contributed by atoms with Gasteiger partial charge in [0.1, 0.15) is 0 Å². The molecule has 0 saturated heterocycles. The molecule has 0 aromatic rings. The van der Waals surface area contributed by atoms with Gasteiger partial charge in [0.2, 0.25) is 0 Å². The third kappa shape index (κ3) is 2.25. The molecular weight excluding hydrogens is 203 g/mol. The molecule has 0 aromatic carbocycles. The van der Waals surface area contributed by atoms with Crippen molar-refractivity contribution in [1.29, 1.82) is 5.26 Å². The van der Waals surface area contributed by atoms with Gasteiger partial charge >= 0.3 is 6.18 Å². The van der Waals surface area contributed by atoms with Crippen LogP contribution >= 0.6 is 11.6 Å². The molecule has 0 fully saturated rings. The lowest BCUT2D eigenvalue weighted by Gasteiger charge is -2.15. The Kier molecular flexibility index (Phi) is 2.67. The standard InChI is InChI=1S/C8H5ClF3N/c9-6-2-1-5(4-13)7(3-6)8(10,11)12/h3H,1-2H2. The summed E-state index contributed by atoms with van der Waals surface area (Å²) in [5, 5.41) is 8.58. The Balaban J connectivity index is 3.15. The molecule has 0 bridgehead atoms. The number of nitrogens with zero attached hydrogens (tertiary/aromatic N) is 1. The first-order chi connectivity index (χ1) is 5.95. The summed E-state index contributed by atoms with van der Waals surface area (Å²) < 4.78 is 36.7. The van der Waals surface area contributed by atoms with Crippen LogP contribution in [-0.2, 0) is 0 Å². The Hall–Kier alpha value is -0.950. The molecule has 0 radical (unpaired) electrons. The molecule has 1 aliphatic rings. The fourth-order valence-corrected chi connectivity index (χ4v) is 1.27. The smallest absolute Gasteiger partial charge is 0.193 e. The molecule has 1 rings (SSSR count). The van der Waals surface area contributed by atoms with Crippen LogP contribution in [-0.4, -0.2) is 6.18 Å². The highest BCUT2D eigenvalue weighted by molar-refractivity contribution is 6.29. The molecule has 0 heterocycles. The van der Waals surface area contributed by atoms with Crippen LogP contribution in [0.2, 0.25) is 0 Å². The maximum absolute atomic E-state index is 12.2. The minimum Gasteiger partial charge on any atom is -0.193 e. The normalized spacial score (nSPS) is 18.2. The van der Waals surface area contributed by atoms with Gasteiger partial charge in [0.05, 0.1) is 11.6 Å². The molecule has 1 aliphatic carbocycles.